The summed E-state index contributed by atoms with van der Waals surface area (Å²) in [5.74, 6) is -0.602. The smallest absolute Gasteiger partial charge is 0.339 e. The van der Waals surface area contributed by atoms with Crippen molar-refractivity contribution in [1.29, 1.82) is 0 Å². The lowest BCUT2D eigenvalue weighted by Gasteiger charge is -2.16. The van der Waals surface area contributed by atoms with Crippen molar-refractivity contribution in [3.63, 3.8) is 0 Å². The summed E-state index contributed by atoms with van der Waals surface area (Å²) in [6, 6.07) is 5.39. The number of hydrogen-bond donors (Lipinski definition) is 2. The van der Waals surface area contributed by atoms with Gasteiger partial charge in [0.2, 0.25) is 0 Å². The Hall–Kier alpha value is -2.43. The molecule has 0 amide bonds. The van der Waals surface area contributed by atoms with E-state index in [4.69, 9.17) is 0 Å². The highest BCUT2D eigenvalue weighted by Crippen LogP contribution is 2.22. The molecular weight excluding hydrogens is 242 g/mol. The fraction of sp³-hybridized carbons (Fsp3) is 0.214. The van der Waals surface area contributed by atoms with Gasteiger partial charge in [-0.3, -0.25) is 4.98 Å². The van der Waals surface area contributed by atoms with Gasteiger partial charge < -0.3 is 10.4 Å². The number of nitrogens with zero attached hydrogens (tertiary/aromatic N) is 2. The number of aromatic carboxylic acids is 1. The third-order valence-corrected chi connectivity index (χ3v) is 2.91. The fourth-order valence-electron chi connectivity index (χ4n) is 1.86. The molecule has 5 heteroatoms. The molecule has 98 valence electrons. The molecule has 1 unspecified atom stereocenters. The van der Waals surface area contributed by atoms with Gasteiger partial charge in [-0.05, 0) is 37.1 Å². The van der Waals surface area contributed by atoms with Gasteiger partial charge >= 0.3 is 5.97 Å². The lowest BCUT2D eigenvalue weighted by atomic mass is 10.1. The summed E-state index contributed by atoms with van der Waals surface area (Å²) in [7, 11) is 0. The van der Waals surface area contributed by atoms with Crippen LogP contribution in [0, 0.1) is 6.92 Å². The van der Waals surface area contributed by atoms with Crippen LogP contribution in [-0.2, 0) is 0 Å². The molecule has 19 heavy (non-hydrogen) atoms. The predicted molar refractivity (Wildman–Crippen MR) is 72.2 cm³/mol. The maximum absolute atomic E-state index is 11.3. The Bertz CT molecular complexity index is 584. The average Bonchev–Trinajstić information content (AvgIpc) is 2.39. The first-order chi connectivity index (χ1) is 9.09. The van der Waals surface area contributed by atoms with Crippen molar-refractivity contribution in [3.05, 3.63) is 53.5 Å². The minimum Gasteiger partial charge on any atom is -0.478 e. The summed E-state index contributed by atoms with van der Waals surface area (Å²) in [5.41, 5.74) is 1.86. The Labute approximate surface area is 111 Å². The molecule has 0 saturated carbocycles. The zero-order chi connectivity index (χ0) is 13.8. The first-order valence-electron chi connectivity index (χ1n) is 5.95. The van der Waals surface area contributed by atoms with Crippen LogP contribution in [0.2, 0.25) is 0 Å². The molecule has 0 fully saturated rings. The van der Waals surface area contributed by atoms with E-state index in [1.807, 2.05) is 19.1 Å². The topological polar surface area (TPSA) is 75.1 Å². The van der Waals surface area contributed by atoms with Crippen molar-refractivity contribution in [2.45, 2.75) is 19.9 Å². The summed E-state index contributed by atoms with van der Waals surface area (Å²) in [4.78, 5) is 19.4. The summed E-state index contributed by atoms with van der Waals surface area (Å²) >= 11 is 0. The first-order valence-corrected chi connectivity index (χ1v) is 5.95. The molecule has 1 atom stereocenters. The van der Waals surface area contributed by atoms with Crippen molar-refractivity contribution in [2.24, 2.45) is 0 Å². The molecule has 5 nitrogen and oxygen atoms in total. The Morgan fingerprint density at radius 1 is 1.37 bits per heavy atom. The highest BCUT2D eigenvalue weighted by molar-refractivity contribution is 5.94. The van der Waals surface area contributed by atoms with Crippen LogP contribution in [0.1, 0.15) is 34.5 Å². The van der Waals surface area contributed by atoms with E-state index in [1.54, 1.807) is 31.6 Å². The lowest BCUT2D eigenvalue weighted by molar-refractivity contribution is 0.0697. The van der Waals surface area contributed by atoms with Crippen LogP contribution >= 0.6 is 0 Å². The molecule has 2 heterocycles. The number of aromatic nitrogens is 2. The number of carboxylic acids is 1. The molecule has 0 spiro atoms. The molecule has 2 aromatic rings. The van der Waals surface area contributed by atoms with Gasteiger partial charge in [0.25, 0.3) is 0 Å². The van der Waals surface area contributed by atoms with E-state index >= 15 is 0 Å². The van der Waals surface area contributed by atoms with Crippen LogP contribution in [0.25, 0.3) is 0 Å². The third kappa shape index (κ3) is 2.88. The Balaban J connectivity index is 2.29. The normalized spacial score (nSPS) is 11.9. The maximum atomic E-state index is 11.3. The Morgan fingerprint density at radius 3 is 2.79 bits per heavy atom. The van der Waals surface area contributed by atoms with Crippen molar-refractivity contribution in [2.75, 3.05) is 5.32 Å². The number of hydrogen-bond acceptors (Lipinski definition) is 4. The zero-order valence-corrected chi connectivity index (χ0v) is 10.8. The highest BCUT2D eigenvalue weighted by atomic mass is 16.4. The van der Waals surface area contributed by atoms with Gasteiger partial charge in [0, 0.05) is 18.6 Å². The van der Waals surface area contributed by atoms with Crippen molar-refractivity contribution >= 4 is 11.8 Å². The van der Waals surface area contributed by atoms with Crippen LogP contribution in [0.4, 0.5) is 5.82 Å². The molecule has 2 rings (SSSR count). The summed E-state index contributed by atoms with van der Waals surface area (Å²) in [6.07, 6.45) is 5.04. The number of nitrogens with one attached hydrogen (secondary N) is 1. The molecule has 0 aliphatic heterocycles. The minimum atomic E-state index is -0.980. The molecule has 2 aromatic heterocycles. The molecule has 0 bridgehead atoms. The average molecular weight is 257 g/mol. The second-order valence-electron chi connectivity index (χ2n) is 4.31. The molecule has 0 aliphatic carbocycles. The monoisotopic (exact) mass is 257 g/mol. The van der Waals surface area contributed by atoms with Crippen molar-refractivity contribution in [1.82, 2.24) is 9.97 Å². The van der Waals surface area contributed by atoms with E-state index in [-0.39, 0.29) is 11.6 Å². The van der Waals surface area contributed by atoms with Gasteiger partial charge in [-0.2, -0.15) is 0 Å². The standard InChI is InChI=1S/C14H15N3O2/c1-9-5-7-16-13(12(9)14(18)19)17-10(2)11-4-3-6-15-8-11/h3-8,10H,1-2H3,(H,16,17)(H,18,19). The number of carboxylic acid groups (broad SMARTS) is 1. The number of rotatable bonds is 4. The number of pyridine rings is 2. The van der Waals surface area contributed by atoms with Crippen molar-refractivity contribution in [3.8, 4) is 0 Å². The molecule has 0 aliphatic rings. The zero-order valence-electron chi connectivity index (χ0n) is 10.8. The van der Waals surface area contributed by atoms with Gasteiger partial charge in [0.1, 0.15) is 11.4 Å². The highest BCUT2D eigenvalue weighted by Gasteiger charge is 2.16. The minimum absolute atomic E-state index is 0.0684. The van der Waals surface area contributed by atoms with E-state index in [0.29, 0.717) is 11.4 Å². The molecule has 0 radical (unpaired) electrons. The number of carbonyl (C=O) groups is 1. The number of anilines is 1. The van der Waals surface area contributed by atoms with Gasteiger partial charge in [0.15, 0.2) is 0 Å². The molecular formula is C14H15N3O2. The third-order valence-electron chi connectivity index (χ3n) is 2.91. The van der Waals surface area contributed by atoms with Crippen LogP contribution in [-0.4, -0.2) is 21.0 Å². The molecule has 0 saturated heterocycles. The van der Waals surface area contributed by atoms with Crippen LogP contribution in [0.5, 0.6) is 0 Å². The molecule has 2 N–H and O–H groups in total. The van der Waals surface area contributed by atoms with Gasteiger partial charge in [0.05, 0.1) is 6.04 Å². The van der Waals surface area contributed by atoms with E-state index < -0.39 is 5.97 Å². The van der Waals surface area contributed by atoms with Gasteiger partial charge in [-0.15, -0.1) is 0 Å². The van der Waals surface area contributed by atoms with E-state index in [0.717, 1.165) is 5.56 Å². The Kier molecular flexibility index (Phi) is 3.75. The largest absolute Gasteiger partial charge is 0.478 e. The molecule has 0 aromatic carbocycles. The van der Waals surface area contributed by atoms with E-state index in [9.17, 15) is 9.90 Å². The first kappa shape index (κ1) is 13.0. The summed E-state index contributed by atoms with van der Waals surface area (Å²) < 4.78 is 0. The fourth-order valence-corrected chi connectivity index (χ4v) is 1.86. The van der Waals surface area contributed by atoms with E-state index in [2.05, 4.69) is 15.3 Å². The van der Waals surface area contributed by atoms with Crippen LogP contribution in [0.15, 0.2) is 36.8 Å². The second kappa shape index (κ2) is 5.48. The van der Waals surface area contributed by atoms with Gasteiger partial charge in [-0.1, -0.05) is 6.07 Å². The quantitative estimate of drug-likeness (QED) is 0.880. The van der Waals surface area contributed by atoms with Crippen LogP contribution in [0.3, 0.4) is 0 Å². The Morgan fingerprint density at radius 2 is 2.16 bits per heavy atom. The number of aryl methyl sites for hydroxylation is 1. The SMILES string of the molecule is Cc1ccnc(NC(C)c2cccnc2)c1C(=O)O. The summed E-state index contributed by atoms with van der Waals surface area (Å²) in [5, 5.41) is 12.4. The predicted octanol–water partition coefficient (Wildman–Crippen LogP) is 2.66. The van der Waals surface area contributed by atoms with Crippen LogP contribution < -0.4 is 5.32 Å². The lowest BCUT2D eigenvalue weighted by Crippen LogP contribution is -2.13. The van der Waals surface area contributed by atoms with Crippen molar-refractivity contribution < 1.29 is 9.90 Å². The van der Waals surface area contributed by atoms with Gasteiger partial charge in [-0.25, -0.2) is 9.78 Å². The summed E-state index contributed by atoms with van der Waals surface area (Å²) in [6.45, 7) is 3.69. The second-order valence-corrected chi connectivity index (χ2v) is 4.31. The maximum Gasteiger partial charge on any atom is 0.339 e. The van der Waals surface area contributed by atoms with E-state index in [1.165, 1.54) is 0 Å².